The van der Waals surface area contributed by atoms with Crippen molar-refractivity contribution in [3.8, 4) is 0 Å². The first-order valence-electron chi connectivity index (χ1n) is 11.0. The number of carbonyl (C=O) groups excluding carboxylic acids is 3. The number of amides is 1. The predicted octanol–water partition coefficient (Wildman–Crippen LogP) is 4.95. The molecule has 0 bridgehead atoms. The Morgan fingerprint density at radius 3 is 2.25 bits per heavy atom. The molecule has 0 fully saturated rings. The van der Waals surface area contributed by atoms with Gasteiger partial charge < -0.3 is 20.9 Å². The number of nitrogens with one attached hydrogen (secondary N) is 4. The number of benzene rings is 2. The van der Waals surface area contributed by atoms with Crippen LogP contribution in [0, 0.1) is 10.8 Å². The summed E-state index contributed by atoms with van der Waals surface area (Å²) < 4.78 is 0. The molecule has 2 rings (SSSR count). The zero-order valence-electron chi connectivity index (χ0n) is 20.3. The highest BCUT2D eigenvalue weighted by Crippen LogP contribution is 2.34. The van der Waals surface area contributed by atoms with Gasteiger partial charge in [-0.15, -0.1) is 0 Å². The molecule has 0 radical (unpaired) electrons. The van der Waals surface area contributed by atoms with Crippen LogP contribution in [-0.2, 0) is 20.8 Å². The zero-order valence-corrected chi connectivity index (χ0v) is 22.6. The molecule has 0 heterocycles. The molecule has 0 aliphatic rings. The number of thioether (sulfide) groups is 1. The number of ketones is 1. The summed E-state index contributed by atoms with van der Waals surface area (Å²) in [5.41, 5.74) is 2.00. The lowest BCUT2D eigenvalue weighted by atomic mass is 10.1. The van der Waals surface area contributed by atoms with Gasteiger partial charge in [-0.2, -0.15) is 0 Å². The molecule has 1 amide bonds. The number of nitrogens with zero attached hydrogens (tertiary/aromatic N) is 1. The molecule has 192 valence electrons. The molecule has 36 heavy (non-hydrogen) atoms. The Morgan fingerprint density at radius 1 is 1.00 bits per heavy atom. The van der Waals surface area contributed by atoms with E-state index in [4.69, 9.17) is 34.0 Å². The van der Waals surface area contributed by atoms with Gasteiger partial charge in [0.05, 0.1) is 21.8 Å². The minimum absolute atomic E-state index is 0.0385. The summed E-state index contributed by atoms with van der Waals surface area (Å²) in [5, 5.41) is 22.3. The van der Waals surface area contributed by atoms with Crippen molar-refractivity contribution >= 4 is 74.7 Å². The Bertz CT molecular complexity index is 1140. The molecule has 11 heteroatoms. The normalized spacial score (nSPS) is 11.4. The van der Waals surface area contributed by atoms with Crippen molar-refractivity contribution < 1.29 is 14.4 Å². The zero-order chi connectivity index (χ0) is 26.8. The van der Waals surface area contributed by atoms with Gasteiger partial charge >= 0.3 is 0 Å². The summed E-state index contributed by atoms with van der Waals surface area (Å²) in [7, 11) is 3.38. The van der Waals surface area contributed by atoms with Crippen molar-refractivity contribution in [1.82, 2.24) is 10.2 Å². The fourth-order valence-corrected chi connectivity index (χ4v) is 4.52. The number of carbonyl (C=O) groups is 3. The second kappa shape index (κ2) is 14.0. The number of Topliss-reactive ketones (excluding diaryl/α,β-unsaturated/α-hetero) is 1. The van der Waals surface area contributed by atoms with Crippen molar-refractivity contribution in [1.29, 1.82) is 10.8 Å². The molecule has 8 nitrogen and oxygen atoms in total. The van der Waals surface area contributed by atoms with E-state index in [9.17, 15) is 14.4 Å². The summed E-state index contributed by atoms with van der Waals surface area (Å²) in [5.74, 6) is -0.530. The number of amidine groups is 1. The van der Waals surface area contributed by atoms with Gasteiger partial charge in [0.25, 0.3) is 0 Å². The van der Waals surface area contributed by atoms with Crippen molar-refractivity contribution in [2.45, 2.75) is 32.2 Å². The maximum Gasteiger partial charge on any atom is 0.217 e. The van der Waals surface area contributed by atoms with Crippen LogP contribution in [0.25, 0.3) is 0 Å². The van der Waals surface area contributed by atoms with E-state index in [0.29, 0.717) is 21.4 Å². The minimum atomic E-state index is -0.916. The number of halogens is 2. The summed E-state index contributed by atoms with van der Waals surface area (Å²) in [6.07, 6.45) is -0.0924. The van der Waals surface area contributed by atoms with Gasteiger partial charge in [0.1, 0.15) is 5.84 Å². The smallest absolute Gasteiger partial charge is 0.217 e. The maximum atomic E-state index is 12.8. The van der Waals surface area contributed by atoms with E-state index in [1.165, 1.54) is 6.92 Å². The van der Waals surface area contributed by atoms with Crippen LogP contribution in [0.1, 0.15) is 25.3 Å². The molecule has 0 aromatic heterocycles. The highest BCUT2D eigenvalue weighted by molar-refractivity contribution is 8.13. The molecule has 2 aromatic carbocycles. The van der Waals surface area contributed by atoms with Crippen LogP contribution in [0.5, 0.6) is 0 Å². The number of hydrogen-bond donors (Lipinski definition) is 4. The fourth-order valence-electron chi connectivity index (χ4n) is 3.15. The second-order valence-electron chi connectivity index (χ2n) is 8.26. The molecule has 0 aliphatic heterocycles. The molecular formula is C25H29Cl2N5O3S. The van der Waals surface area contributed by atoms with E-state index in [0.717, 1.165) is 17.3 Å². The highest BCUT2D eigenvalue weighted by atomic mass is 35.5. The lowest BCUT2D eigenvalue weighted by molar-refractivity contribution is -0.125. The molecule has 1 atom stereocenters. The number of rotatable bonds is 12. The van der Waals surface area contributed by atoms with E-state index < -0.39 is 11.9 Å². The average molecular weight is 551 g/mol. The Labute approximate surface area is 225 Å². The third kappa shape index (κ3) is 9.29. The standard InChI is InChI=1S/C25H29Cl2N5O3S/c1-15(33)30-21(22(34)12-17(28)13-23(29)32(2)3)14-36-24(35)11-16-7-4-5-10-20(16)31-25-18(26)8-6-9-19(25)27/h4-10,21,28-29,31H,11-14H2,1-3H3,(H,30,33)/t21-/m0/s1. The summed E-state index contributed by atoms with van der Waals surface area (Å²) in [6, 6.07) is 11.5. The molecule has 0 saturated heterocycles. The quantitative estimate of drug-likeness (QED) is 0.219. The van der Waals surface area contributed by atoms with Gasteiger partial charge in [-0.05, 0) is 23.8 Å². The van der Waals surface area contributed by atoms with Crippen LogP contribution in [-0.4, -0.2) is 59.1 Å². The summed E-state index contributed by atoms with van der Waals surface area (Å²) in [4.78, 5) is 38.7. The maximum absolute atomic E-state index is 12.8. The molecule has 0 spiro atoms. The van der Waals surface area contributed by atoms with E-state index in [1.807, 2.05) is 24.3 Å². The van der Waals surface area contributed by atoms with E-state index in [1.54, 1.807) is 37.2 Å². The Morgan fingerprint density at radius 2 is 1.64 bits per heavy atom. The van der Waals surface area contributed by atoms with Crippen LogP contribution in [0.3, 0.4) is 0 Å². The second-order valence-corrected chi connectivity index (χ2v) is 10.1. The minimum Gasteiger partial charge on any atom is -0.366 e. The molecule has 0 unspecified atom stereocenters. The fraction of sp³-hybridized carbons (Fsp3) is 0.320. The van der Waals surface area contributed by atoms with Gasteiger partial charge in [-0.3, -0.25) is 19.8 Å². The van der Waals surface area contributed by atoms with Gasteiger partial charge in [-0.1, -0.05) is 59.2 Å². The first-order valence-corrected chi connectivity index (χ1v) is 12.8. The molecular weight excluding hydrogens is 521 g/mol. The van der Waals surface area contributed by atoms with Crippen LogP contribution in [0.4, 0.5) is 11.4 Å². The molecule has 0 saturated carbocycles. The van der Waals surface area contributed by atoms with Crippen molar-refractivity contribution in [2.75, 3.05) is 25.2 Å². The van der Waals surface area contributed by atoms with Gasteiger partial charge in [0, 0.05) is 57.4 Å². The largest absolute Gasteiger partial charge is 0.366 e. The molecule has 0 aliphatic carbocycles. The summed E-state index contributed by atoms with van der Waals surface area (Å²) in [6.45, 7) is 1.29. The van der Waals surface area contributed by atoms with Crippen LogP contribution in [0.2, 0.25) is 10.0 Å². The first-order chi connectivity index (χ1) is 17.0. The topological polar surface area (TPSA) is 126 Å². The number of para-hydroxylation sites is 2. The number of hydrogen-bond acceptors (Lipinski definition) is 7. The monoisotopic (exact) mass is 549 g/mol. The average Bonchev–Trinajstić information content (AvgIpc) is 2.79. The Kier molecular flexibility index (Phi) is 11.4. The number of anilines is 2. The Hall–Kier alpha value is -2.88. The van der Waals surface area contributed by atoms with E-state index >= 15 is 0 Å². The molecule has 2 aromatic rings. The lowest BCUT2D eigenvalue weighted by Crippen LogP contribution is -2.42. The van der Waals surface area contributed by atoms with Gasteiger partial charge in [0.15, 0.2) is 10.9 Å². The third-order valence-electron chi connectivity index (χ3n) is 5.06. The SMILES string of the molecule is CC(=O)N[C@@H](CSC(=O)Cc1ccccc1Nc1c(Cl)cccc1Cl)C(=O)CC(=N)CC(=N)N(C)C. The third-order valence-corrected chi connectivity index (χ3v) is 6.66. The van der Waals surface area contributed by atoms with E-state index in [2.05, 4.69) is 10.6 Å². The van der Waals surface area contributed by atoms with Crippen LogP contribution in [0.15, 0.2) is 42.5 Å². The van der Waals surface area contributed by atoms with E-state index in [-0.39, 0.29) is 47.5 Å². The van der Waals surface area contributed by atoms with Crippen LogP contribution >= 0.6 is 35.0 Å². The van der Waals surface area contributed by atoms with Crippen molar-refractivity contribution in [3.05, 3.63) is 58.1 Å². The highest BCUT2D eigenvalue weighted by Gasteiger charge is 2.23. The summed E-state index contributed by atoms with van der Waals surface area (Å²) >= 11 is 13.5. The lowest BCUT2D eigenvalue weighted by Gasteiger charge is -2.18. The van der Waals surface area contributed by atoms with Crippen LogP contribution < -0.4 is 10.6 Å². The Balaban J connectivity index is 2.03. The predicted molar refractivity (Wildman–Crippen MR) is 148 cm³/mol. The van der Waals surface area contributed by atoms with Gasteiger partial charge in [0.2, 0.25) is 5.91 Å². The van der Waals surface area contributed by atoms with Crippen molar-refractivity contribution in [3.63, 3.8) is 0 Å². The first kappa shape index (κ1) is 29.4. The van der Waals surface area contributed by atoms with Gasteiger partial charge in [-0.25, -0.2) is 0 Å². The molecule has 4 N–H and O–H groups in total. The van der Waals surface area contributed by atoms with Crippen molar-refractivity contribution in [2.24, 2.45) is 0 Å².